The maximum absolute atomic E-state index is 12.9. The van der Waals surface area contributed by atoms with E-state index >= 15 is 0 Å². The average Bonchev–Trinajstić information content (AvgIpc) is 2.79. The molecule has 2 rings (SSSR count). The number of imide groups is 1. The molecule has 4 amide bonds. The Morgan fingerprint density at radius 1 is 1.07 bits per heavy atom. The number of nitrogens with one attached hydrogen (secondary N) is 2. The van der Waals surface area contributed by atoms with E-state index in [1.165, 1.54) is 0 Å². The highest BCUT2D eigenvalue weighted by atomic mass is 19.4. The fourth-order valence-electron chi connectivity index (χ4n) is 2.73. The van der Waals surface area contributed by atoms with E-state index in [4.69, 9.17) is 0 Å². The lowest BCUT2D eigenvalue weighted by molar-refractivity contribution is -0.143. The van der Waals surface area contributed by atoms with E-state index < -0.39 is 59.6 Å². The first kappa shape index (κ1) is 22.5. The van der Waals surface area contributed by atoms with Crippen LogP contribution in [-0.2, 0) is 21.9 Å². The van der Waals surface area contributed by atoms with Crippen LogP contribution >= 0.6 is 0 Å². The molecule has 1 fully saturated rings. The van der Waals surface area contributed by atoms with E-state index in [0.29, 0.717) is 23.5 Å². The molecule has 1 heterocycles. The van der Waals surface area contributed by atoms with Gasteiger partial charge in [0.25, 0.3) is 5.91 Å². The number of carbonyl (C=O) groups excluding carboxylic acids is 3. The van der Waals surface area contributed by atoms with E-state index in [1.54, 1.807) is 13.8 Å². The maximum atomic E-state index is 12.9. The van der Waals surface area contributed by atoms with E-state index in [-0.39, 0.29) is 12.0 Å². The van der Waals surface area contributed by atoms with Crippen molar-refractivity contribution in [3.05, 3.63) is 29.3 Å². The molecule has 1 saturated heterocycles. The third-order valence-electron chi connectivity index (χ3n) is 3.99. The van der Waals surface area contributed by atoms with E-state index in [1.807, 2.05) is 5.32 Å². The summed E-state index contributed by atoms with van der Waals surface area (Å²) < 4.78 is 77.2. The van der Waals surface area contributed by atoms with Crippen LogP contribution in [0.1, 0.15) is 31.4 Å². The number of rotatable bonds is 5. The quantitative estimate of drug-likeness (QED) is 0.559. The number of urea groups is 1. The van der Waals surface area contributed by atoms with Crippen molar-refractivity contribution in [1.82, 2.24) is 10.2 Å². The summed E-state index contributed by atoms with van der Waals surface area (Å²) in [7, 11) is 0. The van der Waals surface area contributed by atoms with E-state index in [2.05, 4.69) is 5.32 Å². The van der Waals surface area contributed by atoms with Gasteiger partial charge in [-0.2, -0.15) is 26.3 Å². The van der Waals surface area contributed by atoms with Crippen molar-refractivity contribution in [3.63, 3.8) is 0 Å². The number of anilines is 1. The molecule has 29 heavy (non-hydrogen) atoms. The summed E-state index contributed by atoms with van der Waals surface area (Å²) in [6.45, 7) is 2.76. The van der Waals surface area contributed by atoms with Gasteiger partial charge in [0.05, 0.1) is 11.1 Å². The summed E-state index contributed by atoms with van der Waals surface area (Å²) in [6, 6.07) is -1.12. The van der Waals surface area contributed by atoms with Crippen molar-refractivity contribution in [2.24, 2.45) is 5.92 Å². The van der Waals surface area contributed by atoms with Crippen molar-refractivity contribution in [2.75, 3.05) is 11.9 Å². The molecule has 2 N–H and O–H groups in total. The van der Waals surface area contributed by atoms with Crippen LogP contribution in [0.3, 0.4) is 0 Å². The minimum absolute atomic E-state index is 0.0592. The second-order valence-corrected chi connectivity index (χ2v) is 6.90. The third kappa shape index (κ3) is 5.61. The Morgan fingerprint density at radius 2 is 1.59 bits per heavy atom. The molecular weight excluding hydrogens is 408 g/mol. The van der Waals surface area contributed by atoms with Gasteiger partial charge in [0.15, 0.2) is 0 Å². The number of carbonyl (C=O) groups is 3. The van der Waals surface area contributed by atoms with Crippen LogP contribution in [0, 0.1) is 5.92 Å². The molecule has 0 bridgehead atoms. The number of nitrogens with zero attached hydrogens (tertiary/aromatic N) is 1. The summed E-state index contributed by atoms with van der Waals surface area (Å²) in [5.74, 6) is -1.76. The molecule has 0 aliphatic carbocycles. The van der Waals surface area contributed by atoms with Gasteiger partial charge in [0.1, 0.15) is 12.6 Å². The number of benzene rings is 1. The average molecular weight is 425 g/mol. The zero-order valence-electron chi connectivity index (χ0n) is 15.2. The molecule has 1 aromatic rings. The van der Waals surface area contributed by atoms with Crippen molar-refractivity contribution in [1.29, 1.82) is 0 Å². The molecule has 160 valence electrons. The number of alkyl halides is 6. The van der Waals surface area contributed by atoms with Gasteiger partial charge in [-0.1, -0.05) is 13.8 Å². The highest BCUT2D eigenvalue weighted by molar-refractivity contribution is 6.07. The minimum Gasteiger partial charge on any atom is -0.326 e. The van der Waals surface area contributed by atoms with Gasteiger partial charge in [-0.05, 0) is 30.5 Å². The second-order valence-electron chi connectivity index (χ2n) is 6.90. The molecule has 0 saturated carbocycles. The van der Waals surface area contributed by atoms with Crippen LogP contribution in [-0.4, -0.2) is 35.3 Å². The topological polar surface area (TPSA) is 78.5 Å². The summed E-state index contributed by atoms with van der Waals surface area (Å²) in [5, 5.41) is 4.25. The molecule has 0 spiro atoms. The van der Waals surface area contributed by atoms with Gasteiger partial charge >= 0.3 is 18.4 Å². The Kier molecular flexibility index (Phi) is 6.14. The number of halogens is 6. The summed E-state index contributed by atoms with van der Waals surface area (Å²) >= 11 is 0. The lowest BCUT2D eigenvalue weighted by Crippen LogP contribution is -2.38. The maximum Gasteiger partial charge on any atom is 0.416 e. The van der Waals surface area contributed by atoms with Gasteiger partial charge in [-0.15, -0.1) is 0 Å². The lowest BCUT2D eigenvalue weighted by Gasteiger charge is -2.16. The molecule has 0 aromatic heterocycles. The van der Waals surface area contributed by atoms with Gasteiger partial charge < -0.3 is 10.6 Å². The Morgan fingerprint density at radius 3 is 2.03 bits per heavy atom. The molecular formula is C17H17F6N3O3. The number of amides is 4. The van der Waals surface area contributed by atoms with Crippen LogP contribution in [0.5, 0.6) is 0 Å². The fourth-order valence-corrected chi connectivity index (χ4v) is 2.73. The van der Waals surface area contributed by atoms with Crippen molar-refractivity contribution < 1.29 is 40.7 Å². The zero-order chi connectivity index (χ0) is 22.1. The molecule has 1 aliphatic rings. The van der Waals surface area contributed by atoms with Crippen molar-refractivity contribution >= 4 is 23.5 Å². The largest absolute Gasteiger partial charge is 0.416 e. The van der Waals surface area contributed by atoms with Crippen molar-refractivity contribution in [2.45, 2.75) is 38.7 Å². The lowest BCUT2D eigenvalue weighted by atomic mass is 10.0. The predicted molar refractivity (Wildman–Crippen MR) is 88.6 cm³/mol. The normalized spacial score (nSPS) is 17.7. The van der Waals surface area contributed by atoms with Crippen LogP contribution in [0.15, 0.2) is 18.2 Å². The molecule has 6 nitrogen and oxygen atoms in total. The van der Waals surface area contributed by atoms with Gasteiger partial charge in [-0.25, -0.2) is 4.79 Å². The first-order valence-corrected chi connectivity index (χ1v) is 8.39. The molecule has 1 unspecified atom stereocenters. The zero-order valence-corrected chi connectivity index (χ0v) is 15.2. The highest BCUT2D eigenvalue weighted by Crippen LogP contribution is 2.37. The SMILES string of the molecule is CC(C)CC1NC(=O)N(CC(=O)Nc2cc(C(F)(F)F)cc(C(F)(F)F)c2)C1=O. The fraction of sp³-hybridized carbons (Fsp3) is 0.471. The van der Waals surface area contributed by atoms with Gasteiger partial charge in [0.2, 0.25) is 5.91 Å². The van der Waals surface area contributed by atoms with Crippen molar-refractivity contribution in [3.8, 4) is 0 Å². The first-order chi connectivity index (χ1) is 13.2. The first-order valence-electron chi connectivity index (χ1n) is 8.39. The molecule has 1 atom stereocenters. The Hall–Kier alpha value is -2.79. The van der Waals surface area contributed by atoms with Crippen LogP contribution in [0.2, 0.25) is 0 Å². The summed E-state index contributed by atoms with van der Waals surface area (Å²) in [4.78, 5) is 36.6. The third-order valence-corrected chi connectivity index (χ3v) is 3.99. The smallest absolute Gasteiger partial charge is 0.326 e. The highest BCUT2D eigenvalue weighted by Gasteiger charge is 2.40. The van der Waals surface area contributed by atoms with Crippen LogP contribution < -0.4 is 10.6 Å². The molecule has 1 aliphatic heterocycles. The summed E-state index contributed by atoms with van der Waals surface area (Å²) in [5.41, 5.74) is -3.97. The van der Waals surface area contributed by atoms with E-state index in [9.17, 15) is 40.7 Å². The molecule has 1 aromatic carbocycles. The minimum atomic E-state index is -5.07. The number of hydrogen-bond acceptors (Lipinski definition) is 3. The molecule has 0 radical (unpaired) electrons. The standard InChI is InChI=1S/C17H17F6N3O3/c1-8(2)3-12-14(28)26(15(29)25-12)7-13(27)24-11-5-9(16(18,19)20)4-10(6-11)17(21,22)23/h4-6,8,12H,3,7H2,1-2H3,(H,24,27)(H,25,29). The second kappa shape index (κ2) is 7.91. The van der Waals surface area contributed by atoms with Crippen LogP contribution in [0.25, 0.3) is 0 Å². The Balaban J connectivity index is 2.18. The monoisotopic (exact) mass is 425 g/mol. The van der Waals surface area contributed by atoms with E-state index in [0.717, 1.165) is 0 Å². The molecule has 12 heteroatoms. The van der Waals surface area contributed by atoms with Crippen LogP contribution in [0.4, 0.5) is 36.8 Å². The number of hydrogen-bond donors (Lipinski definition) is 2. The predicted octanol–water partition coefficient (Wildman–Crippen LogP) is 3.63. The summed E-state index contributed by atoms with van der Waals surface area (Å²) in [6.07, 6.45) is -9.84. The van der Waals surface area contributed by atoms with Gasteiger partial charge in [-0.3, -0.25) is 14.5 Å². The van der Waals surface area contributed by atoms with Gasteiger partial charge in [0, 0.05) is 5.69 Å². The Labute approximate surface area is 161 Å². The Bertz CT molecular complexity index is 787.